The van der Waals surface area contributed by atoms with Crippen LogP contribution >= 0.6 is 11.6 Å². The summed E-state index contributed by atoms with van der Waals surface area (Å²) in [5, 5.41) is 3.86. The minimum absolute atomic E-state index is 0.107. The second-order valence-electron chi connectivity index (χ2n) is 7.38. The number of hydrogen-bond acceptors (Lipinski definition) is 3. The number of carbonyl (C=O) groups excluding carboxylic acids is 1. The van der Waals surface area contributed by atoms with Crippen molar-refractivity contribution >= 4 is 28.5 Å². The molecular formula is C21H20ClN3O2. The van der Waals surface area contributed by atoms with Gasteiger partial charge in [0.25, 0.3) is 5.91 Å². The van der Waals surface area contributed by atoms with E-state index in [0.717, 1.165) is 60.3 Å². The molecule has 0 unspecified atom stereocenters. The van der Waals surface area contributed by atoms with Crippen LogP contribution in [0.2, 0.25) is 5.02 Å². The maximum Gasteiger partial charge on any atom is 0.255 e. The van der Waals surface area contributed by atoms with Crippen LogP contribution in [0.4, 0.5) is 0 Å². The monoisotopic (exact) mass is 381 g/mol. The number of benzene rings is 2. The maximum atomic E-state index is 13.1. The first-order valence-corrected chi connectivity index (χ1v) is 9.75. The summed E-state index contributed by atoms with van der Waals surface area (Å²) in [5.74, 6) is 1.42. The number of aromatic nitrogens is 2. The van der Waals surface area contributed by atoms with E-state index in [1.807, 2.05) is 36.4 Å². The number of carbonyl (C=O) groups is 1. The van der Waals surface area contributed by atoms with Crippen molar-refractivity contribution in [2.75, 3.05) is 6.61 Å². The fraction of sp³-hybridized carbons (Fsp3) is 0.333. The molecule has 0 saturated heterocycles. The number of H-pyrrole nitrogens is 1. The lowest BCUT2D eigenvalue weighted by Gasteiger charge is -2.17. The Balaban J connectivity index is 1.45. The number of aryl methyl sites for hydroxylation is 1. The molecule has 6 heteroatoms. The van der Waals surface area contributed by atoms with Crippen LogP contribution in [0.15, 0.2) is 36.4 Å². The lowest BCUT2D eigenvalue weighted by atomic mass is 10.0. The first-order valence-electron chi connectivity index (χ1n) is 9.38. The quantitative estimate of drug-likeness (QED) is 0.708. The lowest BCUT2D eigenvalue weighted by Crippen LogP contribution is -2.36. The summed E-state index contributed by atoms with van der Waals surface area (Å²) in [7, 11) is 0. The molecule has 1 aromatic heterocycles. The highest BCUT2D eigenvalue weighted by molar-refractivity contribution is 6.31. The van der Waals surface area contributed by atoms with Crippen molar-refractivity contribution in [2.24, 2.45) is 0 Å². The molecule has 2 aliphatic rings. The highest BCUT2D eigenvalue weighted by atomic mass is 35.5. The Morgan fingerprint density at radius 3 is 2.96 bits per heavy atom. The summed E-state index contributed by atoms with van der Waals surface area (Å²) in [5.41, 5.74) is 3.03. The summed E-state index contributed by atoms with van der Waals surface area (Å²) < 4.78 is 5.90. The van der Waals surface area contributed by atoms with Gasteiger partial charge < -0.3 is 15.0 Å². The van der Waals surface area contributed by atoms with Crippen LogP contribution in [0.5, 0.6) is 5.75 Å². The normalized spacial score (nSPS) is 17.7. The average Bonchev–Trinajstić information content (AvgIpc) is 3.38. The lowest BCUT2D eigenvalue weighted by molar-refractivity contribution is 0.0924. The molecule has 0 atom stereocenters. The van der Waals surface area contributed by atoms with Crippen LogP contribution in [-0.4, -0.2) is 22.5 Å². The van der Waals surface area contributed by atoms with Gasteiger partial charge in [-0.2, -0.15) is 0 Å². The van der Waals surface area contributed by atoms with E-state index in [0.29, 0.717) is 17.2 Å². The fourth-order valence-corrected chi connectivity index (χ4v) is 3.93. The molecule has 0 bridgehead atoms. The molecular weight excluding hydrogens is 362 g/mol. The largest absolute Gasteiger partial charge is 0.492 e. The van der Waals surface area contributed by atoms with Crippen molar-refractivity contribution in [3.05, 3.63) is 58.4 Å². The molecule has 1 amide bonds. The molecule has 5 nitrogen and oxygen atoms in total. The van der Waals surface area contributed by atoms with Crippen molar-refractivity contribution in [3.63, 3.8) is 0 Å². The Kier molecular flexibility index (Phi) is 3.86. The zero-order chi connectivity index (χ0) is 18.4. The number of hydrogen-bond donors (Lipinski definition) is 2. The second kappa shape index (κ2) is 6.27. The van der Waals surface area contributed by atoms with Gasteiger partial charge in [-0.1, -0.05) is 23.7 Å². The number of para-hydroxylation sites is 1. The third kappa shape index (κ3) is 2.96. The van der Waals surface area contributed by atoms with Gasteiger partial charge in [0.05, 0.1) is 28.7 Å². The first-order chi connectivity index (χ1) is 13.1. The van der Waals surface area contributed by atoms with Crippen LogP contribution < -0.4 is 10.1 Å². The van der Waals surface area contributed by atoms with Gasteiger partial charge >= 0.3 is 0 Å². The van der Waals surface area contributed by atoms with Gasteiger partial charge in [0.15, 0.2) is 0 Å². The summed E-state index contributed by atoms with van der Waals surface area (Å²) >= 11 is 6.07. The highest BCUT2D eigenvalue weighted by Gasteiger charge is 2.49. The summed E-state index contributed by atoms with van der Waals surface area (Å²) in [6, 6.07) is 11.4. The molecule has 27 heavy (non-hydrogen) atoms. The second-order valence-corrected chi connectivity index (χ2v) is 7.82. The van der Waals surface area contributed by atoms with E-state index in [4.69, 9.17) is 16.3 Å². The van der Waals surface area contributed by atoms with Gasteiger partial charge in [-0.15, -0.1) is 0 Å². The van der Waals surface area contributed by atoms with Gasteiger partial charge in [0, 0.05) is 5.02 Å². The maximum absolute atomic E-state index is 13.1. The average molecular weight is 382 g/mol. The van der Waals surface area contributed by atoms with E-state index in [1.165, 1.54) is 0 Å². The Labute approximate surface area is 162 Å². The predicted molar refractivity (Wildman–Crippen MR) is 104 cm³/mol. The molecule has 1 saturated carbocycles. The SMILES string of the molecule is O=C(NC1(c2nc3ccc(Cl)cc3[nH]2)CC1)c1cccc2c1OCCCC2. The van der Waals surface area contributed by atoms with Crippen LogP contribution in [0, 0.1) is 0 Å². The number of nitrogens with zero attached hydrogens (tertiary/aromatic N) is 1. The number of fused-ring (bicyclic) bond motifs is 2. The van der Waals surface area contributed by atoms with Crippen LogP contribution in [0.1, 0.15) is 47.4 Å². The number of rotatable bonds is 3. The van der Waals surface area contributed by atoms with E-state index < -0.39 is 5.54 Å². The molecule has 2 heterocycles. The molecule has 138 valence electrons. The Morgan fingerprint density at radius 1 is 1.22 bits per heavy atom. The summed E-state index contributed by atoms with van der Waals surface area (Å²) in [6.07, 6.45) is 4.78. The third-order valence-corrected chi connectivity index (χ3v) is 5.66. The molecule has 2 N–H and O–H groups in total. The Bertz CT molecular complexity index is 1040. The van der Waals surface area contributed by atoms with Crippen LogP contribution in [0.3, 0.4) is 0 Å². The third-order valence-electron chi connectivity index (χ3n) is 5.43. The van der Waals surface area contributed by atoms with E-state index in [9.17, 15) is 4.79 Å². The van der Waals surface area contributed by atoms with Gasteiger partial charge in [-0.25, -0.2) is 4.98 Å². The molecule has 5 rings (SSSR count). The van der Waals surface area contributed by atoms with Crippen LogP contribution in [0.25, 0.3) is 11.0 Å². The number of halogens is 1. The molecule has 3 aromatic rings. The Morgan fingerprint density at radius 2 is 2.11 bits per heavy atom. The Hall–Kier alpha value is -2.53. The number of amides is 1. The van der Waals surface area contributed by atoms with Crippen molar-refractivity contribution in [1.82, 2.24) is 15.3 Å². The zero-order valence-electron chi connectivity index (χ0n) is 14.8. The van der Waals surface area contributed by atoms with Crippen molar-refractivity contribution in [3.8, 4) is 5.75 Å². The molecule has 1 aliphatic carbocycles. The van der Waals surface area contributed by atoms with Crippen molar-refractivity contribution in [2.45, 2.75) is 37.6 Å². The molecule has 2 aromatic carbocycles. The van der Waals surface area contributed by atoms with Gasteiger partial charge in [0.2, 0.25) is 0 Å². The fourth-order valence-electron chi connectivity index (χ4n) is 3.76. The minimum atomic E-state index is -0.434. The number of imidazole rings is 1. The molecule has 1 fully saturated rings. The smallest absolute Gasteiger partial charge is 0.255 e. The van der Waals surface area contributed by atoms with E-state index >= 15 is 0 Å². The number of ether oxygens (including phenoxy) is 1. The minimum Gasteiger partial charge on any atom is -0.492 e. The summed E-state index contributed by atoms with van der Waals surface area (Å²) in [4.78, 5) is 21.1. The highest BCUT2D eigenvalue weighted by Crippen LogP contribution is 2.45. The standard InChI is InChI=1S/C21H20ClN3O2/c22-14-7-8-16-17(12-14)24-20(23-16)21(9-10-21)25-19(26)15-6-3-5-13-4-1-2-11-27-18(13)15/h3,5-8,12H,1-2,4,9-11H2,(H,23,24)(H,25,26). The first kappa shape index (κ1) is 16.6. The zero-order valence-corrected chi connectivity index (χ0v) is 15.6. The van der Waals surface area contributed by atoms with Gasteiger partial charge in [-0.05, 0) is 61.9 Å². The van der Waals surface area contributed by atoms with Crippen LogP contribution in [-0.2, 0) is 12.0 Å². The van der Waals surface area contributed by atoms with Gasteiger partial charge in [-0.3, -0.25) is 4.79 Å². The molecule has 1 aliphatic heterocycles. The van der Waals surface area contributed by atoms with Crippen molar-refractivity contribution < 1.29 is 9.53 Å². The van der Waals surface area contributed by atoms with E-state index in [-0.39, 0.29) is 5.91 Å². The topological polar surface area (TPSA) is 67.0 Å². The van der Waals surface area contributed by atoms with E-state index in [2.05, 4.69) is 15.3 Å². The summed E-state index contributed by atoms with van der Waals surface area (Å²) in [6.45, 7) is 0.659. The predicted octanol–water partition coefficient (Wildman–Crippen LogP) is 4.35. The number of aromatic amines is 1. The van der Waals surface area contributed by atoms with Crippen molar-refractivity contribution in [1.29, 1.82) is 0 Å². The molecule has 0 radical (unpaired) electrons. The molecule has 0 spiro atoms. The van der Waals surface area contributed by atoms with E-state index in [1.54, 1.807) is 0 Å². The number of nitrogens with one attached hydrogen (secondary N) is 2. The van der Waals surface area contributed by atoms with Gasteiger partial charge in [0.1, 0.15) is 11.6 Å².